The van der Waals surface area contributed by atoms with Crippen molar-refractivity contribution in [3.63, 3.8) is 0 Å². The predicted octanol–water partition coefficient (Wildman–Crippen LogP) is 4.92. The number of benzene rings is 2. The molecule has 3 fully saturated rings. The van der Waals surface area contributed by atoms with Gasteiger partial charge in [0, 0.05) is 64.4 Å². The number of rotatable bonds is 10. The highest BCUT2D eigenvalue weighted by Crippen LogP contribution is 2.26. The molecule has 3 saturated heterocycles. The monoisotopic (exact) mass is 777 g/mol. The lowest BCUT2D eigenvalue weighted by molar-refractivity contribution is -0.127. The number of likely N-dealkylation sites (tertiary alicyclic amines) is 2. The van der Waals surface area contributed by atoms with Gasteiger partial charge in [-0.25, -0.2) is 14.0 Å². The van der Waals surface area contributed by atoms with E-state index in [1.54, 1.807) is 20.8 Å². The summed E-state index contributed by atoms with van der Waals surface area (Å²) in [5, 5.41) is 5.80. The van der Waals surface area contributed by atoms with Gasteiger partial charge < -0.3 is 24.8 Å². The van der Waals surface area contributed by atoms with Crippen molar-refractivity contribution in [1.82, 2.24) is 25.3 Å². The molecule has 298 valence electrons. The van der Waals surface area contributed by atoms with Crippen LogP contribution >= 0.6 is 0 Å². The van der Waals surface area contributed by atoms with Gasteiger partial charge in [-0.1, -0.05) is 55.7 Å². The van der Waals surface area contributed by atoms with E-state index < -0.39 is 56.1 Å². The Bertz CT molecular complexity index is 1710. The van der Waals surface area contributed by atoms with Gasteiger partial charge in [0.1, 0.15) is 23.9 Å². The summed E-state index contributed by atoms with van der Waals surface area (Å²) in [5.41, 5.74) is 3.03. The predicted molar refractivity (Wildman–Crippen MR) is 210 cm³/mol. The lowest BCUT2D eigenvalue weighted by Crippen LogP contribution is -2.50. The molecular weight excluding hydrogens is 722 g/mol. The molecule has 0 saturated carbocycles. The third kappa shape index (κ3) is 12.8. The van der Waals surface area contributed by atoms with Crippen molar-refractivity contribution >= 4 is 32.1 Å². The Hall–Kier alpha value is -4.45. The largest absolute Gasteiger partial charge is 0.450 e. The second-order valence-electron chi connectivity index (χ2n) is 16.8. The van der Waals surface area contributed by atoms with Crippen molar-refractivity contribution in [3.05, 3.63) is 70.8 Å². The van der Waals surface area contributed by atoms with Crippen molar-refractivity contribution in [3.8, 4) is 11.8 Å². The molecule has 2 aromatic carbocycles. The van der Waals surface area contributed by atoms with Crippen LogP contribution in [0, 0.1) is 11.8 Å². The molecule has 0 bridgehead atoms. The third-order valence-electron chi connectivity index (χ3n) is 9.68. The number of ether oxygens (including phenoxy) is 3. The number of hydrogen-bond acceptors (Lipinski definition) is 8. The zero-order valence-electron chi connectivity index (χ0n) is 33.0. The Balaban J connectivity index is 1.18. The first kappa shape index (κ1) is 41.7. The topological polar surface area (TPSA) is 130 Å². The minimum absolute atomic E-state index is 0.0256. The van der Waals surface area contributed by atoms with Crippen LogP contribution in [0.4, 0.5) is 14.0 Å². The van der Waals surface area contributed by atoms with E-state index in [1.807, 2.05) is 36.4 Å². The van der Waals surface area contributed by atoms with E-state index >= 15 is 0 Å². The second kappa shape index (κ2) is 18.5. The van der Waals surface area contributed by atoms with Gasteiger partial charge >= 0.3 is 12.2 Å². The van der Waals surface area contributed by atoms with Gasteiger partial charge in [0.25, 0.3) is 0 Å². The van der Waals surface area contributed by atoms with Crippen LogP contribution in [0.2, 0.25) is 25.7 Å². The maximum absolute atomic E-state index is 14.5. The normalized spacial score (nSPS) is 21.7. The van der Waals surface area contributed by atoms with Gasteiger partial charge in [0.2, 0.25) is 11.8 Å². The highest BCUT2D eigenvalue weighted by molar-refractivity contribution is 6.76. The molecule has 14 heteroatoms. The van der Waals surface area contributed by atoms with Crippen LogP contribution in [0.1, 0.15) is 55.9 Å². The summed E-state index contributed by atoms with van der Waals surface area (Å²) in [6.07, 6.45) is -2.83. The van der Waals surface area contributed by atoms with Crippen LogP contribution in [0.25, 0.3) is 0 Å². The SMILES string of the molecule is CC(C)(C)OC(=O)N1C[C@@H](F)C[C@H]1C(=O)N[C@@H]1C[C@H](C(=O)NCc2ccc(C#Cc3ccc(CN4CCOCC4)cc3)cc2)N(C(=O)OCC[Si](C)(C)C)C1. The first-order valence-corrected chi connectivity index (χ1v) is 22.9. The number of nitrogens with zero attached hydrogens (tertiary/aromatic N) is 3. The van der Waals surface area contributed by atoms with Crippen molar-refractivity contribution in [2.24, 2.45) is 0 Å². The molecule has 3 aliphatic rings. The van der Waals surface area contributed by atoms with Gasteiger partial charge in [0.05, 0.1) is 26.4 Å². The molecule has 2 N–H and O–H groups in total. The van der Waals surface area contributed by atoms with E-state index in [4.69, 9.17) is 14.2 Å². The van der Waals surface area contributed by atoms with Gasteiger partial charge in [-0.2, -0.15) is 0 Å². The Kier molecular flexibility index (Phi) is 14.0. The quantitative estimate of drug-likeness (QED) is 0.257. The molecule has 4 amide bonds. The second-order valence-corrected chi connectivity index (χ2v) is 22.4. The lowest BCUT2D eigenvalue weighted by atomic mass is 10.1. The van der Waals surface area contributed by atoms with Crippen LogP contribution < -0.4 is 10.6 Å². The number of carbonyl (C=O) groups is 4. The van der Waals surface area contributed by atoms with E-state index in [9.17, 15) is 23.6 Å². The van der Waals surface area contributed by atoms with Crippen LogP contribution in [-0.4, -0.2) is 123 Å². The Morgan fingerprint density at radius 1 is 0.836 bits per heavy atom. The molecule has 12 nitrogen and oxygen atoms in total. The molecule has 0 unspecified atom stereocenters. The zero-order valence-corrected chi connectivity index (χ0v) is 34.0. The van der Waals surface area contributed by atoms with Crippen LogP contribution in [0.3, 0.4) is 0 Å². The summed E-state index contributed by atoms with van der Waals surface area (Å²) in [6, 6.07) is 14.0. The van der Waals surface area contributed by atoms with E-state index in [1.165, 1.54) is 10.5 Å². The van der Waals surface area contributed by atoms with Crippen molar-refractivity contribution in [2.45, 2.75) is 102 Å². The van der Waals surface area contributed by atoms with E-state index in [0.29, 0.717) is 0 Å². The number of amides is 4. The first-order chi connectivity index (χ1) is 26.0. The lowest BCUT2D eigenvalue weighted by Gasteiger charge is -2.28. The van der Waals surface area contributed by atoms with E-state index in [2.05, 4.69) is 59.1 Å². The number of nitrogens with one attached hydrogen (secondary N) is 2. The van der Waals surface area contributed by atoms with Gasteiger partial charge in [-0.05, 0) is 68.6 Å². The molecule has 55 heavy (non-hydrogen) atoms. The summed E-state index contributed by atoms with van der Waals surface area (Å²) in [7, 11) is -1.49. The third-order valence-corrected chi connectivity index (χ3v) is 11.4. The molecule has 0 aliphatic carbocycles. The molecule has 3 heterocycles. The number of halogens is 1. The number of morpholine rings is 1. The van der Waals surface area contributed by atoms with E-state index in [-0.39, 0.29) is 45.0 Å². The minimum Gasteiger partial charge on any atom is -0.450 e. The maximum atomic E-state index is 14.5. The van der Waals surface area contributed by atoms with Gasteiger partial charge in [-0.3, -0.25) is 24.3 Å². The van der Waals surface area contributed by atoms with Crippen molar-refractivity contribution < 1.29 is 37.8 Å². The van der Waals surface area contributed by atoms with Gasteiger partial charge in [-0.15, -0.1) is 0 Å². The number of alkyl halides is 1. The molecule has 0 radical (unpaired) electrons. The fourth-order valence-corrected chi connectivity index (χ4v) is 7.35. The van der Waals surface area contributed by atoms with Crippen LogP contribution in [-0.2, 0) is 36.9 Å². The van der Waals surface area contributed by atoms with Crippen molar-refractivity contribution in [2.75, 3.05) is 46.0 Å². The number of hydrogen-bond donors (Lipinski definition) is 2. The Morgan fingerprint density at radius 3 is 2.02 bits per heavy atom. The molecule has 2 aromatic rings. The molecule has 0 spiro atoms. The van der Waals surface area contributed by atoms with Crippen molar-refractivity contribution in [1.29, 1.82) is 0 Å². The standard InChI is InChI=1S/C41H56FN5O7Si/c1-41(2,3)54-40(51)46-27-33(42)23-35(46)38(49)44-34-24-36(47(28-34)39(50)53-21-22-55(4,5)6)37(48)43-25-31-13-9-29(10-14-31)7-8-30-11-15-32(16-12-30)26-45-17-19-52-20-18-45/h9-16,33-36H,17-28H2,1-6H3,(H,43,48)(H,44,49)/t33-,34+,35-,36+/m0/s1. The minimum atomic E-state index is -1.49. The van der Waals surface area contributed by atoms with Crippen LogP contribution in [0.15, 0.2) is 48.5 Å². The average Bonchev–Trinajstić information content (AvgIpc) is 3.74. The zero-order chi connectivity index (χ0) is 39.8. The summed E-state index contributed by atoms with van der Waals surface area (Å²) < 4.78 is 30.9. The van der Waals surface area contributed by atoms with E-state index in [0.717, 1.165) is 60.5 Å². The summed E-state index contributed by atoms with van der Waals surface area (Å²) in [6.45, 7) is 16.2. The highest BCUT2D eigenvalue weighted by Gasteiger charge is 2.45. The Labute approximate surface area is 325 Å². The highest BCUT2D eigenvalue weighted by atomic mass is 28.3. The molecule has 0 aromatic heterocycles. The average molecular weight is 778 g/mol. The summed E-state index contributed by atoms with van der Waals surface area (Å²) >= 11 is 0. The first-order valence-electron chi connectivity index (χ1n) is 19.2. The Morgan fingerprint density at radius 2 is 1.42 bits per heavy atom. The summed E-state index contributed by atoms with van der Waals surface area (Å²) in [5.74, 6) is 5.47. The fourth-order valence-electron chi connectivity index (χ4n) is 6.64. The molecular formula is C41H56FN5O7Si. The molecule has 4 atom stereocenters. The molecule has 3 aliphatic heterocycles. The summed E-state index contributed by atoms with van der Waals surface area (Å²) in [4.78, 5) is 58.0. The fraction of sp³-hybridized carbons (Fsp3) is 0.561. The maximum Gasteiger partial charge on any atom is 0.411 e. The molecule has 5 rings (SSSR count). The number of carbonyl (C=O) groups excluding carboxylic acids is 4. The van der Waals surface area contributed by atoms with Crippen LogP contribution in [0.5, 0.6) is 0 Å². The van der Waals surface area contributed by atoms with Gasteiger partial charge in [0.15, 0.2) is 0 Å². The smallest absolute Gasteiger partial charge is 0.411 e.